The molecule has 3 N–H and O–H groups in total. The maximum atomic E-state index is 13.2. The molecule has 0 amide bonds. The summed E-state index contributed by atoms with van der Waals surface area (Å²) in [5, 5.41) is 24.7. The molecule has 3 atom stereocenters. The maximum Gasteiger partial charge on any atom is 0.321 e. The van der Waals surface area contributed by atoms with Crippen LogP contribution in [0, 0.1) is 17.8 Å². The molecule has 6 rings (SSSR count). The number of rotatable bonds is 6. The molecule has 8 bridgehead atoms. The number of carboxylic acid groups (broad SMARTS) is 1. The number of ether oxygens (including phenoxy) is 1. The van der Waals surface area contributed by atoms with Crippen molar-refractivity contribution in [2.45, 2.75) is 53.9 Å². The van der Waals surface area contributed by atoms with Crippen molar-refractivity contribution in [3.05, 3.63) is 104 Å². The fourth-order valence-electron chi connectivity index (χ4n) is 7.05. The van der Waals surface area contributed by atoms with Crippen molar-refractivity contribution >= 4 is 29.1 Å². The summed E-state index contributed by atoms with van der Waals surface area (Å²) in [5.41, 5.74) is 11.6. The number of nitrogens with one attached hydrogen (secondary N) is 1. The quantitative estimate of drug-likeness (QED) is 0.319. The van der Waals surface area contributed by atoms with Crippen LogP contribution in [0.4, 0.5) is 0 Å². The number of aliphatic imine (C=N–C) groups is 3. The average Bonchev–Trinajstić information content (AvgIpc) is 3.72. The van der Waals surface area contributed by atoms with Gasteiger partial charge in [-0.3, -0.25) is 9.59 Å². The standard InChI is InChI=1S/C35H36N4O5/c1-8-19-15(3)22-12-24-17(5)21(10-11-28(40)41)32(38-24)30-31(35(43)44-7)34(42)29-18(6)25(39-33(29)30)14-27-20(9-2)16(4)23(37-27)13-26(19)36-22/h8,12-14,17,21,31,38,42H,1,9-11H2,2-7H3,(H,40,41)/t17-,21+,31-/m0/s1. The minimum atomic E-state index is -1.09. The summed E-state index contributed by atoms with van der Waals surface area (Å²) >= 11 is 0. The van der Waals surface area contributed by atoms with Crippen LogP contribution in [0.2, 0.25) is 0 Å². The van der Waals surface area contributed by atoms with Crippen molar-refractivity contribution < 1.29 is 24.5 Å². The summed E-state index contributed by atoms with van der Waals surface area (Å²) in [4.78, 5) is 40.0. The zero-order valence-electron chi connectivity index (χ0n) is 25.8. The zero-order valence-corrected chi connectivity index (χ0v) is 25.8. The van der Waals surface area contributed by atoms with Gasteiger partial charge in [-0.15, -0.1) is 0 Å². The van der Waals surface area contributed by atoms with Gasteiger partial charge >= 0.3 is 11.9 Å². The van der Waals surface area contributed by atoms with Gasteiger partial charge in [0, 0.05) is 46.4 Å². The molecular formula is C35H36N4O5. The predicted octanol–water partition coefficient (Wildman–Crippen LogP) is 6.11. The number of nitrogens with zero attached hydrogens (tertiary/aromatic N) is 3. The number of aliphatic hydroxyl groups excluding tert-OH is 1. The fourth-order valence-corrected chi connectivity index (χ4v) is 7.05. The molecule has 5 aliphatic heterocycles. The topological polar surface area (TPSA) is 133 Å². The first kappa shape index (κ1) is 29.3. The lowest BCUT2D eigenvalue weighted by molar-refractivity contribution is -0.143. The summed E-state index contributed by atoms with van der Waals surface area (Å²) in [6.07, 6.45) is 8.76. The van der Waals surface area contributed by atoms with E-state index < -0.39 is 17.9 Å². The lowest BCUT2D eigenvalue weighted by Crippen LogP contribution is -2.25. The van der Waals surface area contributed by atoms with Crippen LogP contribution >= 0.6 is 0 Å². The molecular weight excluding hydrogens is 556 g/mol. The second-order valence-corrected chi connectivity index (χ2v) is 11.8. The van der Waals surface area contributed by atoms with E-state index in [1.165, 1.54) is 7.11 Å². The molecule has 0 unspecified atom stereocenters. The van der Waals surface area contributed by atoms with E-state index in [9.17, 15) is 19.8 Å². The Morgan fingerprint density at radius 1 is 1.05 bits per heavy atom. The molecule has 0 aromatic heterocycles. The summed E-state index contributed by atoms with van der Waals surface area (Å²) < 4.78 is 5.17. The normalized spacial score (nSPS) is 25.6. The molecule has 0 aromatic rings. The van der Waals surface area contributed by atoms with Crippen LogP contribution in [0.3, 0.4) is 0 Å². The summed E-state index contributed by atoms with van der Waals surface area (Å²) in [7, 11) is 1.29. The van der Waals surface area contributed by atoms with Crippen LogP contribution in [0.1, 0.15) is 53.9 Å². The van der Waals surface area contributed by atoms with Gasteiger partial charge in [0.05, 0.1) is 41.3 Å². The Morgan fingerprint density at radius 2 is 1.75 bits per heavy atom. The first-order chi connectivity index (χ1) is 21.0. The number of methoxy groups -OCH3 is 1. The Morgan fingerprint density at radius 3 is 2.41 bits per heavy atom. The lowest BCUT2D eigenvalue weighted by Gasteiger charge is -2.20. The zero-order chi connectivity index (χ0) is 31.6. The Hall–Kier alpha value is -4.79. The highest BCUT2D eigenvalue weighted by Gasteiger charge is 2.49. The molecule has 9 heteroatoms. The molecule has 0 saturated carbocycles. The van der Waals surface area contributed by atoms with E-state index in [1.807, 2.05) is 45.1 Å². The molecule has 9 nitrogen and oxygen atoms in total. The minimum Gasteiger partial charge on any atom is -0.510 e. The van der Waals surface area contributed by atoms with Crippen LogP contribution in [0.15, 0.2) is 119 Å². The van der Waals surface area contributed by atoms with Gasteiger partial charge in [-0.1, -0.05) is 26.5 Å². The largest absolute Gasteiger partial charge is 0.510 e. The van der Waals surface area contributed by atoms with E-state index >= 15 is 0 Å². The molecule has 1 aliphatic carbocycles. The van der Waals surface area contributed by atoms with Gasteiger partial charge in [0.1, 0.15) is 11.7 Å². The Kier molecular flexibility index (Phi) is 7.14. The van der Waals surface area contributed by atoms with Crippen LogP contribution in [0.25, 0.3) is 0 Å². The second kappa shape index (κ2) is 10.7. The highest BCUT2D eigenvalue weighted by Crippen LogP contribution is 2.49. The maximum absolute atomic E-state index is 13.2. The number of esters is 1. The molecule has 6 aliphatic rings. The molecule has 0 radical (unpaired) electrons. The van der Waals surface area contributed by atoms with Gasteiger partial charge < -0.3 is 20.3 Å². The van der Waals surface area contributed by atoms with Crippen molar-refractivity contribution in [3.63, 3.8) is 0 Å². The van der Waals surface area contributed by atoms with Crippen molar-refractivity contribution in [2.24, 2.45) is 32.7 Å². The van der Waals surface area contributed by atoms with Crippen LogP contribution in [-0.2, 0) is 14.3 Å². The van der Waals surface area contributed by atoms with Crippen molar-refractivity contribution in [3.8, 4) is 0 Å². The van der Waals surface area contributed by atoms with E-state index in [0.29, 0.717) is 34.7 Å². The Bertz CT molecular complexity index is 1810. The van der Waals surface area contributed by atoms with Gasteiger partial charge in [-0.25, -0.2) is 15.0 Å². The molecule has 0 spiro atoms. The van der Waals surface area contributed by atoms with E-state index in [0.717, 1.165) is 62.8 Å². The van der Waals surface area contributed by atoms with Crippen molar-refractivity contribution in [2.75, 3.05) is 7.11 Å². The molecule has 5 heterocycles. The number of carbonyl (C=O) groups excluding carboxylic acids is 1. The summed E-state index contributed by atoms with van der Waals surface area (Å²) in [5.74, 6) is -3.14. The number of carboxylic acids is 1. The van der Waals surface area contributed by atoms with Gasteiger partial charge in [-0.05, 0) is 74.1 Å². The third-order valence-corrected chi connectivity index (χ3v) is 9.53. The molecule has 226 valence electrons. The van der Waals surface area contributed by atoms with E-state index in [1.54, 1.807) is 0 Å². The third-order valence-electron chi connectivity index (χ3n) is 9.53. The smallest absolute Gasteiger partial charge is 0.321 e. The minimum absolute atomic E-state index is 0.0595. The highest BCUT2D eigenvalue weighted by molar-refractivity contribution is 6.24. The number of aliphatic hydroxyl groups is 1. The van der Waals surface area contributed by atoms with Crippen molar-refractivity contribution in [1.29, 1.82) is 0 Å². The Labute approximate surface area is 256 Å². The monoisotopic (exact) mass is 592 g/mol. The van der Waals surface area contributed by atoms with Gasteiger partial charge in [0.25, 0.3) is 0 Å². The van der Waals surface area contributed by atoms with Crippen LogP contribution in [0.5, 0.6) is 0 Å². The third kappa shape index (κ3) is 4.32. The molecule has 1 saturated heterocycles. The van der Waals surface area contributed by atoms with Crippen LogP contribution < -0.4 is 5.32 Å². The number of allylic oxidation sites excluding steroid dienone is 11. The highest BCUT2D eigenvalue weighted by atomic mass is 16.5. The SMILES string of the molecule is C=CC1=C(C)C2=NC1=CC1=NC(=CC3=C(C)C4=C(O)[C@@H](C(=O)OC)C(=C5NC(=C2)[C@@H](C)[C@H]5CCC(=O)O)C4=N3)C(CC)=C1C. The number of fused-ring (bicyclic) bond motifs is 5. The number of carbonyl (C=O) groups is 2. The first-order valence-electron chi connectivity index (χ1n) is 14.9. The number of hydrogen-bond acceptors (Lipinski definition) is 8. The average molecular weight is 593 g/mol. The summed E-state index contributed by atoms with van der Waals surface area (Å²) in [6.45, 7) is 14.1. The van der Waals surface area contributed by atoms with Crippen LogP contribution in [-0.4, -0.2) is 46.4 Å². The van der Waals surface area contributed by atoms with Crippen molar-refractivity contribution in [1.82, 2.24) is 5.32 Å². The van der Waals surface area contributed by atoms with E-state index in [4.69, 9.17) is 19.7 Å². The van der Waals surface area contributed by atoms with Gasteiger partial charge in [-0.2, -0.15) is 0 Å². The predicted molar refractivity (Wildman–Crippen MR) is 170 cm³/mol. The number of aliphatic carboxylic acids is 1. The summed E-state index contributed by atoms with van der Waals surface area (Å²) in [6, 6.07) is 0. The number of hydrogen-bond donors (Lipinski definition) is 3. The molecule has 1 fully saturated rings. The Balaban J connectivity index is 1.67. The van der Waals surface area contributed by atoms with Gasteiger partial charge in [0.2, 0.25) is 0 Å². The molecule has 0 aromatic carbocycles. The van der Waals surface area contributed by atoms with E-state index in [-0.39, 0.29) is 24.0 Å². The van der Waals surface area contributed by atoms with E-state index in [2.05, 4.69) is 25.7 Å². The fraction of sp³-hybridized carbons (Fsp3) is 0.343. The first-order valence-corrected chi connectivity index (χ1v) is 14.9. The molecule has 44 heavy (non-hydrogen) atoms. The van der Waals surface area contributed by atoms with Gasteiger partial charge in [0.15, 0.2) is 0 Å². The lowest BCUT2D eigenvalue weighted by atomic mass is 9.84. The second-order valence-electron chi connectivity index (χ2n) is 11.8.